The van der Waals surface area contributed by atoms with Crippen LogP contribution in [0.25, 0.3) is 22.2 Å². The van der Waals surface area contributed by atoms with Gasteiger partial charge in [0.15, 0.2) is 0 Å². The molecule has 1 aliphatic rings. The van der Waals surface area contributed by atoms with Crippen molar-refractivity contribution in [3.63, 3.8) is 0 Å². The molecule has 0 fully saturated rings. The monoisotopic (exact) mass is 427 g/mol. The molecule has 1 nitrogen and oxygen atoms in total. The van der Waals surface area contributed by atoms with Gasteiger partial charge >= 0.3 is 26.2 Å². The van der Waals surface area contributed by atoms with Crippen LogP contribution in [-0.2, 0) is 39.7 Å². The van der Waals surface area contributed by atoms with Crippen molar-refractivity contribution >= 4 is 10.9 Å². The maximum absolute atomic E-state index is 3.38. The Bertz CT molecular complexity index is 796. The Kier molecular flexibility index (Phi) is 7.92. The zero-order valence-electron chi connectivity index (χ0n) is 12.3. The largest absolute Gasteiger partial charge is 4.00 e. The van der Waals surface area contributed by atoms with Crippen molar-refractivity contribution < 1.29 is 63.4 Å². The number of aryl methyl sites for hydroxylation is 2. The van der Waals surface area contributed by atoms with Crippen molar-refractivity contribution in [2.45, 2.75) is 13.3 Å². The van der Waals surface area contributed by atoms with Crippen LogP contribution >= 0.6 is 0 Å². The Labute approximate surface area is 168 Å². The minimum absolute atomic E-state index is 0. The van der Waals surface area contributed by atoms with Crippen LogP contribution in [0.1, 0.15) is 16.7 Å². The van der Waals surface area contributed by atoms with Crippen LogP contribution in [0.5, 0.6) is 0 Å². The van der Waals surface area contributed by atoms with Crippen LogP contribution < -0.4 is 37.2 Å². The second-order valence-corrected chi connectivity index (χ2v) is 5.15. The third-order valence-electron chi connectivity index (χ3n) is 4.01. The summed E-state index contributed by atoms with van der Waals surface area (Å²) in [6.07, 6.45) is 1.02. The maximum atomic E-state index is 3.38. The van der Waals surface area contributed by atoms with E-state index in [1.165, 1.54) is 38.9 Å². The second-order valence-electron chi connectivity index (χ2n) is 5.15. The molecule has 1 aromatic heterocycles. The minimum Gasteiger partial charge on any atom is -1.00 e. The SMILES string of the molecule is Cc1ccc2c(c1)c1c(n2C)-c2ccc[c-]c2C1.[Cl-].[Cl-].[Cl-].[Zr+4]. The van der Waals surface area contributed by atoms with Crippen molar-refractivity contribution in [2.75, 3.05) is 0 Å². The van der Waals surface area contributed by atoms with E-state index in [1.54, 1.807) is 0 Å². The molecule has 0 bridgehead atoms. The molecule has 1 aliphatic carbocycles. The van der Waals surface area contributed by atoms with Gasteiger partial charge in [-0.1, -0.05) is 11.6 Å². The molecule has 2 aromatic carbocycles. The standard InChI is InChI=1S/C17H14N.3ClH.Zr/c1-11-7-8-16-14(9-11)15-10-12-5-3-4-6-13(12)17(15)18(16)2;;;;/h3-4,6-9H,10H2,1-2H3;3*1H;/q-1;;;;+4/p-3. The first-order valence-electron chi connectivity index (χ1n) is 6.33. The molecule has 1 heterocycles. The maximum Gasteiger partial charge on any atom is 4.00 e. The quantitative estimate of drug-likeness (QED) is 0.246. The van der Waals surface area contributed by atoms with E-state index in [4.69, 9.17) is 0 Å². The van der Waals surface area contributed by atoms with E-state index < -0.39 is 0 Å². The molecule has 0 radical (unpaired) electrons. The molecule has 0 saturated heterocycles. The third kappa shape index (κ3) is 3.04. The molecule has 0 amide bonds. The van der Waals surface area contributed by atoms with E-state index >= 15 is 0 Å². The molecule has 4 rings (SSSR count). The van der Waals surface area contributed by atoms with E-state index in [9.17, 15) is 0 Å². The van der Waals surface area contributed by atoms with Gasteiger partial charge in [-0.3, -0.25) is 0 Å². The summed E-state index contributed by atoms with van der Waals surface area (Å²) in [6, 6.07) is 16.4. The van der Waals surface area contributed by atoms with Crippen LogP contribution in [0.2, 0.25) is 0 Å². The third-order valence-corrected chi connectivity index (χ3v) is 4.01. The fourth-order valence-electron chi connectivity index (χ4n) is 3.17. The number of rotatable bonds is 0. The van der Waals surface area contributed by atoms with E-state index in [1.807, 2.05) is 6.07 Å². The van der Waals surface area contributed by atoms with Gasteiger partial charge in [0, 0.05) is 18.0 Å². The molecule has 0 saturated carbocycles. The van der Waals surface area contributed by atoms with Gasteiger partial charge < -0.3 is 41.8 Å². The first kappa shape index (κ1) is 21.7. The molecule has 0 spiro atoms. The zero-order valence-corrected chi connectivity index (χ0v) is 17.0. The van der Waals surface area contributed by atoms with E-state index in [-0.39, 0.29) is 63.4 Å². The molecule has 3 aromatic rings. The Morgan fingerprint density at radius 3 is 2.55 bits per heavy atom. The number of halogens is 3. The van der Waals surface area contributed by atoms with Gasteiger partial charge in [-0.15, -0.1) is 11.1 Å². The average molecular weight is 430 g/mol. The van der Waals surface area contributed by atoms with Crippen molar-refractivity contribution in [3.05, 3.63) is 59.2 Å². The Morgan fingerprint density at radius 1 is 1.09 bits per heavy atom. The van der Waals surface area contributed by atoms with Gasteiger partial charge in [0.1, 0.15) is 0 Å². The molecule has 22 heavy (non-hydrogen) atoms. The predicted molar refractivity (Wildman–Crippen MR) is 74.7 cm³/mol. The first-order valence-corrected chi connectivity index (χ1v) is 6.33. The van der Waals surface area contributed by atoms with Crippen LogP contribution in [0.4, 0.5) is 0 Å². The molecule has 112 valence electrons. The topological polar surface area (TPSA) is 4.93 Å². The van der Waals surface area contributed by atoms with Gasteiger partial charge in [-0.05, 0) is 36.7 Å². The van der Waals surface area contributed by atoms with Crippen LogP contribution in [0.3, 0.4) is 0 Å². The summed E-state index contributed by atoms with van der Waals surface area (Å²) in [7, 11) is 2.17. The summed E-state index contributed by atoms with van der Waals surface area (Å²) in [5.74, 6) is 0. The normalized spacial score (nSPS) is 10.5. The number of nitrogens with zero attached hydrogens (tertiary/aromatic N) is 1. The molecule has 0 N–H and O–H groups in total. The van der Waals surface area contributed by atoms with Gasteiger partial charge in [0.05, 0.1) is 0 Å². The minimum atomic E-state index is 0. The summed E-state index contributed by atoms with van der Waals surface area (Å²) in [4.78, 5) is 0. The van der Waals surface area contributed by atoms with E-state index in [2.05, 4.69) is 54.9 Å². The number of hydrogen-bond donors (Lipinski definition) is 0. The van der Waals surface area contributed by atoms with Crippen molar-refractivity contribution in [2.24, 2.45) is 7.05 Å². The smallest absolute Gasteiger partial charge is 1.00 e. The van der Waals surface area contributed by atoms with Crippen molar-refractivity contribution in [3.8, 4) is 11.3 Å². The van der Waals surface area contributed by atoms with Gasteiger partial charge in [0.25, 0.3) is 0 Å². The Balaban J connectivity index is 0.00000110. The molecule has 0 atom stereocenters. The molecule has 0 aliphatic heterocycles. The van der Waals surface area contributed by atoms with Crippen LogP contribution in [0, 0.1) is 13.0 Å². The first-order chi connectivity index (χ1) is 8.75. The Hall–Kier alpha value is -0.267. The summed E-state index contributed by atoms with van der Waals surface area (Å²) >= 11 is 0. The summed E-state index contributed by atoms with van der Waals surface area (Å²) < 4.78 is 2.32. The van der Waals surface area contributed by atoms with Crippen LogP contribution in [-0.4, -0.2) is 4.57 Å². The zero-order chi connectivity index (χ0) is 12.3. The molecule has 0 unspecified atom stereocenters. The molecule has 5 heteroatoms. The summed E-state index contributed by atoms with van der Waals surface area (Å²) in [5.41, 5.74) is 8.19. The van der Waals surface area contributed by atoms with Crippen molar-refractivity contribution in [1.82, 2.24) is 4.57 Å². The van der Waals surface area contributed by atoms with E-state index in [0.717, 1.165) is 6.42 Å². The van der Waals surface area contributed by atoms with Gasteiger partial charge in [0.2, 0.25) is 0 Å². The summed E-state index contributed by atoms with van der Waals surface area (Å²) in [5, 5.41) is 1.40. The van der Waals surface area contributed by atoms with Gasteiger partial charge in [-0.2, -0.15) is 24.3 Å². The number of aromatic nitrogens is 1. The van der Waals surface area contributed by atoms with Crippen molar-refractivity contribution in [1.29, 1.82) is 0 Å². The number of fused-ring (bicyclic) bond motifs is 5. The molecular weight excluding hydrogens is 416 g/mol. The fourth-order valence-corrected chi connectivity index (χ4v) is 3.17. The molecular formula is C17H14Cl3NZr. The predicted octanol–water partition coefficient (Wildman–Crippen LogP) is -5.13. The summed E-state index contributed by atoms with van der Waals surface area (Å²) in [6.45, 7) is 2.16. The van der Waals surface area contributed by atoms with Gasteiger partial charge in [-0.25, -0.2) is 0 Å². The Morgan fingerprint density at radius 2 is 1.82 bits per heavy atom. The average Bonchev–Trinajstić information content (AvgIpc) is 2.87. The fraction of sp³-hybridized carbons (Fsp3) is 0.176. The second kappa shape index (κ2) is 8.02. The number of benzene rings is 2. The van der Waals surface area contributed by atoms with Crippen LogP contribution in [0.15, 0.2) is 36.4 Å². The van der Waals surface area contributed by atoms with E-state index in [0.29, 0.717) is 0 Å². The number of hydrogen-bond acceptors (Lipinski definition) is 0.